The Hall–Kier alpha value is -2.32. The zero-order valence-electron chi connectivity index (χ0n) is 12.1. The third-order valence-electron chi connectivity index (χ3n) is 3.44. The average Bonchev–Trinajstić information content (AvgIpc) is 2.83. The van der Waals surface area contributed by atoms with Crippen LogP contribution in [0, 0.1) is 17.2 Å². The highest BCUT2D eigenvalue weighted by Gasteiger charge is 2.45. The lowest BCUT2D eigenvalue weighted by molar-refractivity contribution is -0.116. The third kappa shape index (κ3) is 3.54. The lowest BCUT2D eigenvalue weighted by Crippen LogP contribution is -2.32. The van der Waals surface area contributed by atoms with E-state index in [2.05, 4.69) is 10.3 Å². The second-order valence-electron chi connectivity index (χ2n) is 4.98. The molecule has 0 aromatic carbocycles. The number of nitriles is 1. The van der Waals surface area contributed by atoms with Gasteiger partial charge in [-0.2, -0.15) is 10.2 Å². The van der Waals surface area contributed by atoms with Crippen molar-refractivity contribution >= 4 is 11.7 Å². The van der Waals surface area contributed by atoms with Gasteiger partial charge in [0.25, 0.3) is 0 Å². The lowest BCUT2D eigenvalue weighted by atomic mass is 10.0. The molecule has 1 fully saturated rings. The van der Waals surface area contributed by atoms with E-state index in [0.717, 1.165) is 4.57 Å². The van der Waals surface area contributed by atoms with Crippen LogP contribution in [0.4, 0.5) is 5.82 Å². The zero-order chi connectivity index (χ0) is 17.0. The number of nitrogens with two attached hydrogens (primary N) is 1. The molecule has 0 spiro atoms. The summed E-state index contributed by atoms with van der Waals surface area (Å²) in [5.41, 5.74) is 4.49. The van der Waals surface area contributed by atoms with Crippen molar-refractivity contribution in [1.82, 2.24) is 9.55 Å². The molecule has 23 heavy (non-hydrogen) atoms. The molecule has 0 unspecified atom stereocenters. The van der Waals surface area contributed by atoms with Crippen LogP contribution in [-0.2, 0) is 9.53 Å². The first kappa shape index (κ1) is 17.0. The van der Waals surface area contributed by atoms with Gasteiger partial charge < -0.3 is 26.0 Å². The van der Waals surface area contributed by atoms with Gasteiger partial charge in [-0.1, -0.05) is 0 Å². The summed E-state index contributed by atoms with van der Waals surface area (Å²) in [6.07, 6.45) is -1.85. The number of aromatic nitrogens is 2. The summed E-state index contributed by atoms with van der Waals surface area (Å²) in [6.45, 7) is -0.311. The topological polar surface area (TPSA) is 163 Å². The normalized spacial score (nSPS) is 26.7. The molecule has 124 valence electrons. The summed E-state index contributed by atoms with van der Waals surface area (Å²) in [6, 6.07) is 3.23. The number of aliphatic hydroxyl groups excluding tert-OH is 2. The van der Waals surface area contributed by atoms with Gasteiger partial charge in [0, 0.05) is 19.2 Å². The van der Waals surface area contributed by atoms with Gasteiger partial charge in [-0.25, -0.2) is 4.79 Å². The number of amides is 1. The maximum absolute atomic E-state index is 12.1. The van der Waals surface area contributed by atoms with Gasteiger partial charge >= 0.3 is 5.69 Å². The first-order chi connectivity index (χ1) is 11.0. The van der Waals surface area contributed by atoms with E-state index in [4.69, 9.17) is 20.8 Å². The number of anilines is 1. The van der Waals surface area contributed by atoms with Crippen LogP contribution >= 0.6 is 0 Å². The lowest BCUT2D eigenvalue weighted by Gasteiger charge is -2.16. The van der Waals surface area contributed by atoms with Crippen LogP contribution in [0.3, 0.4) is 0 Å². The Kier molecular flexibility index (Phi) is 5.41. The number of nitrogens with zero attached hydrogens (tertiary/aromatic N) is 3. The number of nitrogens with one attached hydrogen (secondary N) is 1. The molecule has 2 rings (SSSR count). The largest absolute Gasteiger partial charge is 0.394 e. The number of carbonyl (C=O) groups is 1. The van der Waals surface area contributed by atoms with E-state index in [1.807, 2.05) is 6.07 Å². The smallest absolute Gasteiger partial charge is 0.351 e. The van der Waals surface area contributed by atoms with E-state index in [0.29, 0.717) is 0 Å². The molecule has 10 heteroatoms. The van der Waals surface area contributed by atoms with Crippen LogP contribution in [-0.4, -0.2) is 51.0 Å². The summed E-state index contributed by atoms with van der Waals surface area (Å²) in [5, 5.41) is 30.6. The number of hydrogen-bond acceptors (Lipinski definition) is 8. The van der Waals surface area contributed by atoms with Crippen molar-refractivity contribution in [3.8, 4) is 6.07 Å². The maximum Gasteiger partial charge on any atom is 0.351 e. The molecule has 0 saturated carbocycles. The highest BCUT2D eigenvalue weighted by Crippen LogP contribution is 2.33. The molecule has 0 radical (unpaired) electrons. The van der Waals surface area contributed by atoms with Gasteiger partial charge in [-0.3, -0.25) is 9.36 Å². The SMILES string of the molecule is N#C[C@H]1[C@H](O)[C@@H](CO)O[C@H]1n1ccc(NC(=O)CCN)nc1=O. The second-order valence-corrected chi connectivity index (χ2v) is 4.98. The van der Waals surface area contributed by atoms with Crippen LogP contribution in [0.25, 0.3) is 0 Å². The minimum absolute atomic E-state index is 0.0514. The standard InChI is InChI=1S/C13H17N5O5/c14-3-1-10(20)16-9-2-4-18(13(22)17-9)12-7(5-15)11(21)8(6-19)23-12/h2,4,7-8,11-12,19,21H,1,3,6,14H2,(H,16,17,20,22)/t7-,8+,11-,12+/m0/s1. The molecule has 1 aromatic rings. The van der Waals surface area contributed by atoms with Gasteiger partial charge in [0.2, 0.25) is 5.91 Å². The van der Waals surface area contributed by atoms with Crippen molar-refractivity contribution in [1.29, 1.82) is 5.26 Å². The Morgan fingerprint density at radius 2 is 2.35 bits per heavy atom. The second kappa shape index (κ2) is 7.30. The van der Waals surface area contributed by atoms with E-state index in [9.17, 15) is 14.7 Å². The molecule has 10 nitrogen and oxygen atoms in total. The van der Waals surface area contributed by atoms with Gasteiger partial charge in [0.15, 0.2) is 6.23 Å². The molecule has 0 bridgehead atoms. The summed E-state index contributed by atoms with van der Waals surface area (Å²) in [7, 11) is 0. The molecule has 0 aliphatic carbocycles. The van der Waals surface area contributed by atoms with E-state index in [1.165, 1.54) is 12.3 Å². The summed E-state index contributed by atoms with van der Waals surface area (Å²) >= 11 is 0. The van der Waals surface area contributed by atoms with Gasteiger partial charge in [-0.05, 0) is 6.07 Å². The predicted molar refractivity (Wildman–Crippen MR) is 76.9 cm³/mol. The highest BCUT2D eigenvalue weighted by molar-refractivity contribution is 5.89. The Morgan fingerprint density at radius 3 is 2.91 bits per heavy atom. The van der Waals surface area contributed by atoms with Crippen LogP contribution in [0.1, 0.15) is 12.6 Å². The molecule has 1 saturated heterocycles. The fourth-order valence-corrected chi connectivity index (χ4v) is 2.29. The average molecular weight is 323 g/mol. The number of hydrogen-bond donors (Lipinski definition) is 4. The van der Waals surface area contributed by atoms with Gasteiger partial charge in [0.1, 0.15) is 23.9 Å². The minimum Gasteiger partial charge on any atom is -0.394 e. The molecule has 1 amide bonds. The van der Waals surface area contributed by atoms with E-state index in [1.54, 1.807) is 0 Å². The molecular formula is C13H17N5O5. The Labute approximate surface area is 131 Å². The summed E-state index contributed by atoms with van der Waals surface area (Å²) in [5.74, 6) is -1.35. The van der Waals surface area contributed by atoms with Crippen molar-refractivity contribution in [2.24, 2.45) is 11.7 Å². The fourth-order valence-electron chi connectivity index (χ4n) is 2.29. The number of ether oxygens (including phenoxy) is 1. The summed E-state index contributed by atoms with van der Waals surface area (Å²) < 4.78 is 6.38. The molecule has 5 N–H and O–H groups in total. The quantitative estimate of drug-likeness (QED) is 0.479. The van der Waals surface area contributed by atoms with Crippen LogP contribution in [0.2, 0.25) is 0 Å². The molecule has 2 heterocycles. The Balaban J connectivity index is 2.23. The zero-order valence-corrected chi connectivity index (χ0v) is 12.1. The van der Waals surface area contributed by atoms with Crippen molar-refractivity contribution in [3.63, 3.8) is 0 Å². The van der Waals surface area contributed by atoms with Crippen molar-refractivity contribution < 1.29 is 19.7 Å². The monoisotopic (exact) mass is 323 g/mol. The van der Waals surface area contributed by atoms with Crippen molar-refractivity contribution in [3.05, 3.63) is 22.7 Å². The first-order valence-corrected chi connectivity index (χ1v) is 6.95. The maximum atomic E-state index is 12.1. The summed E-state index contributed by atoms with van der Waals surface area (Å²) in [4.78, 5) is 27.2. The number of rotatable bonds is 5. The van der Waals surface area contributed by atoms with Gasteiger partial charge in [-0.15, -0.1) is 0 Å². The number of aliphatic hydroxyl groups is 2. The molecule has 1 aromatic heterocycles. The fraction of sp³-hybridized carbons (Fsp3) is 0.538. The van der Waals surface area contributed by atoms with Crippen LogP contribution in [0.15, 0.2) is 17.1 Å². The van der Waals surface area contributed by atoms with Crippen molar-refractivity contribution in [2.45, 2.75) is 24.9 Å². The van der Waals surface area contributed by atoms with Crippen LogP contribution in [0.5, 0.6) is 0 Å². The third-order valence-corrected chi connectivity index (χ3v) is 3.44. The van der Waals surface area contributed by atoms with Crippen LogP contribution < -0.4 is 16.7 Å². The number of carbonyl (C=O) groups excluding carboxylic acids is 1. The molecular weight excluding hydrogens is 306 g/mol. The Morgan fingerprint density at radius 1 is 1.61 bits per heavy atom. The molecule has 1 aliphatic rings. The van der Waals surface area contributed by atoms with E-state index >= 15 is 0 Å². The molecule has 4 atom stereocenters. The van der Waals surface area contributed by atoms with E-state index in [-0.39, 0.29) is 24.7 Å². The van der Waals surface area contributed by atoms with Gasteiger partial charge in [0.05, 0.1) is 12.7 Å². The minimum atomic E-state index is -1.22. The highest BCUT2D eigenvalue weighted by atomic mass is 16.5. The predicted octanol–water partition coefficient (Wildman–Crippen LogP) is -2.08. The molecule has 1 aliphatic heterocycles. The van der Waals surface area contributed by atoms with E-state index < -0.39 is 36.7 Å². The Bertz CT molecular complexity index is 669. The van der Waals surface area contributed by atoms with Crippen molar-refractivity contribution in [2.75, 3.05) is 18.5 Å². The first-order valence-electron chi connectivity index (χ1n) is 6.95.